The quantitative estimate of drug-likeness (QED) is 0.619. The normalized spacial score (nSPS) is 10.4. The average molecular weight is 291 g/mol. The van der Waals surface area contributed by atoms with E-state index in [9.17, 15) is 0 Å². The number of rotatable bonds is 5. The van der Waals surface area contributed by atoms with Gasteiger partial charge in [-0.2, -0.15) is 0 Å². The molecule has 2 rings (SSSR count). The van der Waals surface area contributed by atoms with Gasteiger partial charge in [0, 0.05) is 10.0 Å². The van der Waals surface area contributed by atoms with Gasteiger partial charge in [0.1, 0.15) is 0 Å². The molecule has 0 unspecified atom stereocenters. The van der Waals surface area contributed by atoms with Crippen LogP contribution in [-0.2, 0) is 12.8 Å². The van der Waals surface area contributed by atoms with Crippen LogP contribution < -0.4 is 0 Å². The van der Waals surface area contributed by atoms with Crippen LogP contribution in [0.1, 0.15) is 23.1 Å². The van der Waals surface area contributed by atoms with Crippen LogP contribution in [-0.4, -0.2) is 0 Å². The van der Waals surface area contributed by atoms with Crippen LogP contribution in [0.25, 0.3) is 0 Å². The van der Waals surface area contributed by atoms with E-state index in [2.05, 4.69) is 30.8 Å². The highest BCUT2D eigenvalue weighted by Crippen LogP contribution is 2.25. The third-order valence-electron chi connectivity index (χ3n) is 3.06. The third-order valence-corrected chi connectivity index (χ3v) is 3.78. The Balaban J connectivity index is 2.23. The highest BCUT2D eigenvalue weighted by atomic mass is 35.5. The van der Waals surface area contributed by atoms with Crippen molar-refractivity contribution in [3.05, 3.63) is 81.9 Å². The molecule has 0 aliphatic heterocycles. The minimum Gasteiger partial charge on any atom is -0.103 e. The second-order valence-electron chi connectivity index (χ2n) is 4.52. The summed E-state index contributed by atoms with van der Waals surface area (Å²) in [6.07, 6.45) is 4.60. The van der Waals surface area contributed by atoms with Crippen LogP contribution in [0.3, 0.4) is 0 Å². The Bertz CT molecular complexity index is 573. The van der Waals surface area contributed by atoms with Crippen molar-refractivity contribution in [2.45, 2.75) is 19.3 Å². The van der Waals surface area contributed by atoms with Crippen LogP contribution in [0.2, 0.25) is 10.0 Å². The Hall–Kier alpha value is -1.24. The molecular weight excluding hydrogens is 275 g/mol. The molecule has 0 heterocycles. The van der Waals surface area contributed by atoms with E-state index in [4.69, 9.17) is 23.2 Å². The summed E-state index contributed by atoms with van der Waals surface area (Å²) in [6, 6.07) is 14.1. The maximum Gasteiger partial charge on any atom is 0.0473 e. The summed E-state index contributed by atoms with van der Waals surface area (Å²) in [6.45, 7) is 3.75. The number of allylic oxidation sites excluding steroid dienone is 1. The van der Waals surface area contributed by atoms with E-state index in [-0.39, 0.29) is 0 Å². The zero-order valence-electron chi connectivity index (χ0n) is 10.7. The van der Waals surface area contributed by atoms with E-state index < -0.39 is 0 Å². The summed E-state index contributed by atoms with van der Waals surface area (Å²) < 4.78 is 0. The van der Waals surface area contributed by atoms with Crippen molar-refractivity contribution >= 4 is 23.2 Å². The Morgan fingerprint density at radius 1 is 1.00 bits per heavy atom. The molecule has 0 amide bonds. The summed E-state index contributed by atoms with van der Waals surface area (Å²) in [7, 11) is 0. The third kappa shape index (κ3) is 3.86. The molecule has 19 heavy (non-hydrogen) atoms. The van der Waals surface area contributed by atoms with Gasteiger partial charge in [0.05, 0.1) is 0 Å². The van der Waals surface area contributed by atoms with Gasteiger partial charge in [-0.15, -0.1) is 6.58 Å². The Morgan fingerprint density at radius 3 is 2.47 bits per heavy atom. The Kier molecular flexibility index (Phi) is 5.07. The second-order valence-corrected chi connectivity index (χ2v) is 5.34. The van der Waals surface area contributed by atoms with Crippen LogP contribution >= 0.6 is 23.2 Å². The summed E-state index contributed by atoms with van der Waals surface area (Å²) in [5.74, 6) is 0. The molecule has 0 aliphatic carbocycles. The fourth-order valence-electron chi connectivity index (χ4n) is 2.09. The first-order chi connectivity index (χ1) is 9.20. The van der Waals surface area contributed by atoms with Gasteiger partial charge in [-0.25, -0.2) is 0 Å². The van der Waals surface area contributed by atoms with E-state index in [1.165, 1.54) is 11.1 Å². The topological polar surface area (TPSA) is 0 Å². The Morgan fingerprint density at radius 2 is 1.74 bits per heavy atom. The first kappa shape index (κ1) is 14.2. The van der Waals surface area contributed by atoms with E-state index in [1.54, 1.807) is 0 Å². The van der Waals surface area contributed by atoms with E-state index in [0.717, 1.165) is 34.9 Å². The van der Waals surface area contributed by atoms with Crippen LogP contribution in [0, 0.1) is 0 Å². The van der Waals surface area contributed by atoms with E-state index in [0.29, 0.717) is 0 Å². The summed E-state index contributed by atoms with van der Waals surface area (Å²) in [4.78, 5) is 0. The molecule has 0 saturated carbocycles. The van der Waals surface area contributed by atoms with Gasteiger partial charge in [0.2, 0.25) is 0 Å². The number of hydrogen-bond acceptors (Lipinski definition) is 0. The molecule has 0 bridgehead atoms. The van der Waals surface area contributed by atoms with Gasteiger partial charge in [-0.05, 0) is 48.1 Å². The van der Waals surface area contributed by atoms with Crippen molar-refractivity contribution in [3.8, 4) is 0 Å². The van der Waals surface area contributed by atoms with Gasteiger partial charge in [0.15, 0.2) is 0 Å². The van der Waals surface area contributed by atoms with Crippen molar-refractivity contribution < 1.29 is 0 Å². The number of halogens is 2. The van der Waals surface area contributed by atoms with Gasteiger partial charge >= 0.3 is 0 Å². The molecule has 0 aromatic heterocycles. The molecule has 0 aliphatic rings. The van der Waals surface area contributed by atoms with Crippen molar-refractivity contribution in [1.82, 2.24) is 0 Å². The Labute approximate surface area is 124 Å². The largest absolute Gasteiger partial charge is 0.103 e. The second kappa shape index (κ2) is 6.79. The first-order valence-electron chi connectivity index (χ1n) is 6.32. The van der Waals surface area contributed by atoms with Gasteiger partial charge in [0.25, 0.3) is 0 Å². The molecule has 0 radical (unpaired) electrons. The molecule has 0 saturated heterocycles. The van der Waals surface area contributed by atoms with Gasteiger partial charge in [-0.1, -0.05) is 59.6 Å². The SMILES string of the molecule is C=CCCc1cccc(Cc2cccc(Cl)c2)c1Cl. The standard InChI is InChI=1S/C17H16Cl2/c1-2-3-7-14-8-5-9-15(17(14)19)11-13-6-4-10-16(18)12-13/h2,4-6,8-10,12H,1,3,7,11H2. The predicted molar refractivity (Wildman–Crippen MR) is 84.2 cm³/mol. The average Bonchev–Trinajstić information content (AvgIpc) is 2.40. The van der Waals surface area contributed by atoms with Crippen molar-refractivity contribution in [1.29, 1.82) is 0 Å². The van der Waals surface area contributed by atoms with Crippen molar-refractivity contribution in [3.63, 3.8) is 0 Å². The molecule has 0 spiro atoms. The summed E-state index contributed by atoms with van der Waals surface area (Å²) in [5, 5.41) is 1.63. The van der Waals surface area contributed by atoms with E-state index in [1.807, 2.05) is 24.3 Å². The number of hydrogen-bond donors (Lipinski definition) is 0. The zero-order chi connectivity index (χ0) is 13.7. The molecule has 2 heteroatoms. The maximum absolute atomic E-state index is 6.47. The fraction of sp³-hybridized carbons (Fsp3) is 0.176. The lowest BCUT2D eigenvalue weighted by Crippen LogP contribution is -1.94. The van der Waals surface area contributed by atoms with Crippen LogP contribution in [0.15, 0.2) is 55.1 Å². The van der Waals surface area contributed by atoms with Crippen molar-refractivity contribution in [2.75, 3.05) is 0 Å². The van der Waals surface area contributed by atoms with Crippen LogP contribution in [0.5, 0.6) is 0 Å². The lowest BCUT2D eigenvalue weighted by molar-refractivity contribution is 0.997. The van der Waals surface area contributed by atoms with Crippen LogP contribution in [0.4, 0.5) is 0 Å². The number of benzene rings is 2. The molecule has 0 atom stereocenters. The fourth-order valence-corrected chi connectivity index (χ4v) is 2.59. The molecule has 0 N–H and O–H groups in total. The maximum atomic E-state index is 6.47. The van der Waals surface area contributed by atoms with Gasteiger partial charge in [-0.3, -0.25) is 0 Å². The minimum absolute atomic E-state index is 0.761. The lowest BCUT2D eigenvalue weighted by Gasteiger charge is -2.09. The molecule has 98 valence electrons. The lowest BCUT2D eigenvalue weighted by atomic mass is 10.0. The van der Waals surface area contributed by atoms with Gasteiger partial charge < -0.3 is 0 Å². The summed E-state index contributed by atoms with van der Waals surface area (Å²) >= 11 is 12.5. The first-order valence-corrected chi connectivity index (χ1v) is 7.08. The number of aryl methyl sites for hydroxylation is 1. The monoisotopic (exact) mass is 290 g/mol. The molecule has 2 aromatic carbocycles. The summed E-state index contributed by atoms with van der Waals surface area (Å²) in [5.41, 5.74) is 3.50. The van der Waals surface area contributed by atoms with E-state index >= 15 is 0 Å². The highest BCUT2D eigenvalue weighted by molar-refractivity contribution is 6.32. The smallest absolute Gasteiger partial charge is 0.0473 e. The van der Waals surface area contributed by atoms with Crippen molar-refractivity contribution in [2.24, 2.45) is 0 Å². The minimum atomic E-state index is 0.761. The molecule has 0 fully saturated rings. The zero-order valence-corrected chi connectivity index (χ0v) is 12.2. The molecular formula is C17H16Cl2. The molecule has 0 nitrogen and oxygen atoms in total. The molecule has 2 aromatic rings. The highest BCUT2D eigenvalue weighted by Gasteiger charge is 2.06. The predicted octanol–water partition coefficient (Wildman–Crippen LogP) is 5.70.